The summed E-state index contributed by atoms with van der Waals surface area (Å²) in [5.41, 5.74) is -0.726. The molecule has 6 nitrogen and oxygen atoms in total. The molecule has 2 N–H and O–H groups in total. The van der Waals surface area contributed by atoms with Gasteiger partial charge in [-0.05, 0) is 38.5 Å². The van der Waals surface area contributed by atoms with Gasteiger partial charge in [-0.2, -0.15) is 5.26 Å². The molecule has 0 saturated heterocycles. The van der Waals surface area contributed by atoms with E-state index in [9.17, 15) is 10.1 Å². The van der Waals surface area contributed by atoms with Crippen LogP contribution in [-0.4, -0.2) is 32.4 Å². The number of aromatic nitrogens is 3. The molecule has 1 atom stereocenters. The van der Waals surface area contributed by atoms with Crippen molar-refractivity contribution in [2.24, 2.45) is 5.92 Å². The molecule has 1 heterocycles. The second kappa shape index (κ2) is 5.09. The number of amides is 1. The Morgan fingerprint density at radius 2 is 2.30 bits per heavy atom. The predicted molar refractivity (Wildman–Crippen MR) is 74.0 cm³/mol. The van der Waals surface area contributed by atoms with E-state index in [1.807, 2.05) is 0 Å². The van der Waals surface area contributed by atoms with Crippen molar-refractivity contribution < 1.29 is 4.79 Å². The zero-order chi connectivity index (χ0) is 14.2. The van der Waals surface area contributed by atoms with Gasteiger partial charge >= 0.3 is 0 Å². The lowest BCUT2D eigenvalue weighted by Crippen LogP contribution is -2.47. The number of thioether (sulfide) groups is 1. The van der Waals surface area contributed by atoms with E-state index in [1.165, 1.54) is 24.6 Å². The number of nitriles is 1. The number of hydrogen-bond donors (Lipinski definition) is 2. The van der Waals surface area contributed by atoms with Gasteiger partial charge in [-0.25, -0.2) is 4.98 Å². The average Bonchev–Trinajstić information content (AvgIpc) is 3.34. The fraction of sp³-hybridized carbons (Fsp3) is 0.692. The van der Waals surface area contributed by atoms with Crippen LogP contribution in [0.3, 0.4) is 0 Å². The van der Waals surface area contributed by atoms with Crippen LogP contribution >= 0.6 is 11.8 Å². The van der Waals surface area contributed by atoms with Gasteiger partial charge in [0.25, 0.3) is 0 Å². The molecule has 2 aliphatic rings. The van der Waals surface area contributed by atoms with Crippen LogP contribution in [-0.2, 0) is 4.79 Å². The SMILES string of the molecule is CC(C#N)(NC(=O)CSc1n[nH]c(C2CC2)n1)C1CC1. The number of H-pyrrole nitrogens is 1. The van der Waals surface area contributed by atoms with Crippen molar-refractivity contribution in [3.8, 4) is 6.07 Å². The van der Waals surface area contributed by atoms with Crippen molar-refractivity contribution in [2.75, 3.05) is 5.75 Å². The van der Waals surface area contributed by atoms with Gasteiger partial charge in [0.15, 0.2) is 0 Å². The Morgan fingerprint density at radius 1 is 1.55 bits per heavy atom. The van der Waals surface area contributed by atoms with Crippen LogP contribution in [0.15, 0.2) is 5.16 Å². The number of carbonyl (C=O) groups is 1. The molecule has 2 saturated carbocycles. The fourth-order valence-electron chi connectivity index (χ4n) is 2.20. The van der Waals surface area contributed by atoms with Crippen molar-refractivity contribution in [2.45, 2.75) is 49.2 Å². The Balaban J connectivity index is 1.49. The largest absolute Gasteiger partial charge is 0.337 e. The molecule has 0 bridgehead atoms. The standard InChI is InChI=1S/C13H17N5OS/c1-13(7-14,9-4-5-9)16-10(19)6-20-12-15-11(17-18-12)8-2-3-8/h8-9H,2-6H2,1H3,(H,16,19)(H,15,17,18). The smallest absolute Gasteiger partial charge is 0.231 e. The molecule has 0 spiro atoms. The minimum absolute atomic E-state index is 0.135. The highest BCUT2D eigenvalue weighted by atomic mass is 32.2. The van der Waals surface area contributed by atoms with E-state index >= 15 is 0 Å². The zero-order valence-electron chi connectivity index (χ0n) is 11.3. The summed E-state index contributed by atoms with van der Waals surface area (Å²) < 4.78 is 0. The van der Waals surface area contributed by atoms with Crippen LogP contribution in [0.1, 0.15) is 44.3 Å². The normalized spacial score (nSPS) is 21.0. The molecule has 2 aliphatic carbocycles. The number of nitrogens with zero attached hydrogens (tertiary/aromatic N) is 3. The summed E-state index contributed by atoms with van der Waals surface area (Å²) in [6.45, 7) is 1.80. The number of aromatic amines is 1. The van der Waals surface area contributed by atoms with E-state index in [2.05, 4.69) is 26.6 Å². The first kappa shape index (κ1) is 13.4. The number of rotatable bonds is 6. The van der Waals surface area contributed by atoms with Crippen LogP contribution in [0, 0.1) is 17.2 Å². The first-order valence-corrected chi connectivity index (χ1v) is 7.86. The van der Waals surface area contributed by atoms with E-state index in [1.54, 1.807) is 6.92 Å². The first-order chi connectivity index (χ1) is 9.60. The fourth-order valence-corrected chi connectivity index (χ4v) is 2.81. The molecule has 3 rings (SSSR count). The van der Waals surface area contributed by atoms with Gasteiger partial charge in [0, 0.05) is 5.92 Å². The Labute approximate surface area is 121 Å². The third-order valence-corrected chi connectivity index (χ3v) is 4.65. The highest BCUT2D eigenvalue weighted by molar-refractivity contribution is 7.99. The van der Waals surface area contributed by atoms with Gasteiger partial charge in [-0.15, -0.1) is 5.10 Å². The minimum atomic E-state index is -0.726. The number of hydrogen-bond acceptors (Lipinski definition) is 5. The number of carbonyl (C=O) groups excluding carboxylic acids is 1. The molecule has 106 valence electrons. The third-order valence-electron chi connectivity index (χ3n) is 3.80. The van der Waals surface area contributed by atoms with Gasteiger partial charge in [0.2, 0.25) is 11.1 Å². The van der Waals surface area contributed by atoms with Crippen molar-refractivity contribution in [1.29, 1.82) is 5.26 Å². The Hall–Kier alpha value is -1.55. The lowest BCUT2D eigenvalue weighted by Gasteiger charge is -2.22. The monoisotopic (exact) mass is 291 g/mol. The predicted octanol–water partition coefficient (Wildman–Crippen LogP) is 1.58. The minimum Gasteiger partial charge on any atom is -0.337 e. The summed E-state index contributed by atoms with van der Waals surface area (Å²) in [6, 6.07) is 2.22. The maximum absolute atomic E-state index is 11.9. The van der Waals surface area contributed by atoms with E-state index in [4.69, 9.17) is 0 Å². The van der Waals surface area contributed by atoms with Gasteiger partial charge in [-0.1, -0.05) is 11.8 Å². The third kappa shape index (κ3) is 2.96. The molecule has 20 heavy (non-hydrogen) atoms. The second-order valence-corrected chi connectivity index (χ2v) is 6.65. The molecule has 2 fully saturated rings. The van der Waals surface area contributed by atoms with Crippen molar-refractivity contribution in [1.82, 2.24) is 20.5 Å². The maximum Gasteiger partial charge on any atom is 0.231 e. The molecule has 1 unspecified atom stereocenters. The summed E-state index contributed by atoms with van der Waals surface area (Å²) >= 11 is 1.30. The van der Waals surface area contributed by atoms with E-state index in [0.29, 0.717) is 17.0 Å². The first-order valence-electron chi connectivity index (χ1n) is 6.88. The highest BCUT2D eigenvalue weighted by Gasteiger charge is 2.42. The summed E-state index contributed by atoms with van der Waals surface area (Å²) in [6.07, 6.45) is 4.37. The molecular weight excluding hydrogens is 274 g/mol. The van der Waals surface area contributed by atoms with Crippen LogP contribution in [0.5, 0.6) is 0 Å². The lowest BCUT2D eigenvalue weighted by molar-refractivity contribution is -0.119. The van der Waals surface area contributed by atoms with Gasteiger partial charge in [0.1, 0.15) is 11.4 Å². The molecule has 0 aliphatic heterocycles. The van der Waals surface area contributed by atoms with Crippen molar-refractivity contribution in [3.63, 3.8) is 0 Å². The molecule has 0 aromatic carbocycles. The summed E-state index contributed by atoms with van der Waals surface area (Å²) in [7, 11) is 0. The molecule has 0 radical (unpaired) electrons. The Kier molecular flexibility index (Phi) is 3.42. The average molecular weight is 291 g/mol. The van der Waals surface area contributed by atoms with E-state index < -0.39 is 5.54 Å². The summed E-state index contributed by atoms with van der Waals surface area (Å²) in [4.78, 5) is 16.3. The maximum atomic E-state index is 11.9. The highest BCUT2D eigenvalue weighted by Crippen LogP contribution is 2.39. The van der Waals surface area contributed by atoms with E-state index in [-0.39, 0.29) is 11.7 Å². The van der Waals surface area contributed by atoms with Gasteiger partial charge in [-0.3, -0.25) is 9.89 Å². The van der Waals surface area contributed by atoms with Crippen molar-refractivity contribution in [3.05, 3.63) is 5.82 Å². The topological polar surface area (TPSA) is 94.5 Å². The Morgan fingerprint density at radius 3 is 2.90 bits per heavy atom. The molecular formula is C13H17N5OS. The van der Waals surface area contributed by atoms with Crippen LogP contribution in [0.25, 0.3) is 0 Å². The van der Waals surface area contributed by atoms with E-state index in [0.717, 1.165) is 18.7 Å². The van der Waals surface area contributed by atoms with Crippen LogP contribution in [0.2, 0.25) is 0 Å². The van der Waals surface area contributed by atoms with Gasteiger partial charge < -0.3 is 5.32 Å². The molecule has 1 amide bonds. The lowest BCUT2D eigenvalue weighted by atomic mass is 9.98. The van der Waals surface area contributed by atoms with Gasteiger partial charge in [0.05, 0.1) is 11.8 Å². The second-order valence-electron chi connectivity index (χ2n) is 5.70. The molecule has 7 heteroatoms. The zero-order valence-corrected chi connectivity index (χ0v) is 12.2. The quantitative estimate of drug-likeness (QED) is 0.776. The van der Waals surface area contributed by atoms with Crippen LogP contribution in [0.4, 0.5) is 0 Å². The van der Waals surface area contributed by atoms with Crippen LogP contribution < -0.4 is 5.32 Å². The Bertz CT molecular complexity index is 557. The molecule has 1 aromatic heterocycles. The summed E-state index contributed by atoms with van der Waals surface area (Å²) in [5, 5.41) is 19.6. The molecule has 1 aromatic rings. The summed E-state index contributed by atoms with van der Waals surface area (Å²) in [5.74, 6) is 1.86. The number of nitrogens with one attached hydrogen (secondary N) is 2. The van der Waals surface area contributed by atoms with Crippen molar-refractivity contribution >= 4 is 17.7 Å².